The highest BCUT2D eigenvalue weighted by molar-refractivity contribution is 5.93. The predicted octanol–water partition coefficient (Wildman–Crippen LogP) is -0.0785. The van der Waals surface area contributed by atoms with Crippen LogP contribution < -0.4 is 0 Å². The molecule has 0 aromatic carbocycles. The average molecular weight is 396 g/mol. The number of carbonyl (C=O) groups is 1. The Morgan fingerprint density at radius 1 is 1.11 bits per heavy atom. The summed E-state index contributed by atoms with van der Waals surface area (Å²) in [6, 6.07) is 0. The van der Waals surface area contributed by atoms with E-state index < -0.39 is 64.1 Å². The standard InChI is InChI=1S/C21H32O7/c1-9-11(22)7-21(27)10(2)16-19(5,12(23)6-13-20(16,26)8-28-13)17(25)15(24)14(9)18(21,3)4/h10-13,15-16,22-24,26-27H,6-8H2,1-5H3/t10-,11-,12-,13+,15+,16-,19+,20-,21+/m0/s1. The van der Waals surface area contributed by atoms with Gasteiger partial charge in [0.1, 0.15) is 11.7 Å². The molecule has 0 spiro atoms. The van der Waals surface area contributed by atoms with E-state index in [1.807, 2.05) is 0 Å². The van der Waals surface area contributed by atoms with E-state index in [0.29, 0.717) is 11.1 Å². The third-order valence-electron chi connectivity index (χ3n) is 8.88. The molecule has 9 atom stereocenters. The largest absolute Gasteiger partial charge is 0.392 e. The fourth-order valence-corrected chi connectivity index (χ4v) is 7.00. The summed E-state index contributed by atoms with van der Waals surface area (Å²) in [6.07, 6.45) is -4.20. The van der Waals surface area contributed by atoms with Crippen molar-refractivity contribution >= 4 is 5.78 Å². The molecule has 4 rings (SSSR count). The van der Waals surface area contributed by atoms with Gasteiger partial charge in [-0.25, -0.2) is 0 Å². The molecule has 7 heteroatoms. The number of ketones is 1. The molecule has 0 radical (unpaired) electrons. The van der Waals surface area contributed by atoms with Gasteiger partial charge in [0.05, 0.1) is 35.9 Å². The van der Waals surface area contributed by atoms with Gasteiger partial charge in [-0.1, -0.05) is 20.8 Å². The lowest BCUT2D eigenvalue weighted by Crippen LogP contribution is -2.78. The highest BCUT2D eigenvalue weighted by atomic mass is 16.6. The quantitative estimate of drug-likeness (QED) is 0.363. The van der Waals surface area contributed by atoms with Crippen LogP contribution in [-0.4, -0.2) is 73.5 Å². The second-order valence-corrected chi connectivity index (χ2v) is 10.2. The summed E-state index contributed by atoms with van der Waals surface area (Å²) in [5.74, 6) is -2.05. The van der Waals surface area contributed by atoms with Crippen LogP contribution in [0.15, 0.2) is 11.1 Å². The highest BCUT2D eigenvalue weighted by Gasteiger charge is 2.73. The Morgan fingerprint density at radius 2 is 1.71 bits per heavy atom. The number of fused-ring (bicyclic) bond motifs is 5. The minimum atomic E-state index is -1.58. The van der Waals surface area contributed by atoms with Crippen LogP contribution in [0.5, 0.6) is 0 Å². The summed E-state index contributed by atoms with van der Waals surface area (Å²) < 4.78 is 5.49. The van der Waals surface area contributed by atoms with E-state index >= 15 is 0 Å². The molecule has 1 heterocycles. The molecule has 28 heavy (non-hydrogen) atoms. The van der Waals surface area contributed by atoms with Gasteiger partial charge in [0, 0.05) is 24.2 Å². The van der Waals surface area contributed by atoms with Crippen LogP contribution in [-0.2, 0) is 9.53 Å². The molecular weight excluding hydrogens is 364 g/mol. The molecule has 0 aromatic rings. The summed E-state index contributed by atoms with van der Waals surface area (Å²) in [5.41, 5.74) is -4.54. The Bertz CT molecular complexity index is 760. The number of hydrogen-bond acceptors (Lipinski definition) is 7. The van der Waals surface area contributed by atoms with Crippen molar-refractivity contribution in [1.82, 2.24) is 0 Å². The molecule has 1 saturated heterocycles. The molecule has 1 aliphatic heterocycles. The van der Waals surface area contributed by atoms with Gasteiger partial charge in [-0.3, -0.25) is 4.79 Å². The molecule has 5 N–H and O–H groups in total. The second-order valence-electron chi connectivity index (χ2n) is 10.2. The van der Waals surface area contributed by atoms with Crippen LogP contribution in [0.4, 0.5) is 0 Å². The summed E-state index contributed by atoms with van der Waals surface area (Å²) >= 11 is 0. The molecule has 2 bridgehead atoms. The molecule has 2 saturated carbocycles. The van der Waals surface area contributed by atoms with Gasteiger partial charge in [0.25, 0.3) is 0 Å². The maximum Gasteiger partial charge on any atom is 0.174 e. The molecule has 7 nitrogen and oxygen atoms in total. The number of aliphatic hydroxyl groups excluding tert-OH is 3. The van der Waals surface area contributed by atoms with Crippen molar-refractivity contribution in [2.45, 2.75) is 83.1 Å². The van der Waals surface area contributed by atoms with Crippen molar-refractivity contribution in [1.29, 1.82) is 0 Å². The van der Waals surface area contributed by atoms with Crippen molar-refractivity contribution in [3.8, 4) is 0 Å². The molecule has 0 aromatic heterocycles. The normalized spacial score (nSPS) is 55.6. The number of ether oxygens (including phenoxy) is 1. The third kappa shape index (κ3) is 2.03. The molecule has 3 aliphatic carbocycles. The maximum atomic E-state index is 13.6. The van der Waals surface area contributed by atoms with E-state index in [4.69, 9.17) is 4.74 Å². The van der Waals surface area contributed by atoms with Gasteiger partial charge >= 0.3 is 0 Å². The monoisotopic (exact) mass is 396 g/mol. The van der Waals surface area contributed by atoms with Gasteiger partial charge in [0.2, 0.25) is 0 Å². The minimum Gasteiger partial charge on any atom is -0.392 e. The lowest BCUT2D eigenvalue weighted by atomic mass is 9.43. The zero-order chi connectivity index (χ0) is 21.0. The van der Waals surface area contributed by atoms with Crippen molar-refractivity contribution in [3.63, 3.8) is 0 Å². The lowest BCUT2D eigenvalue weighted by molar-refractivity contribution is -0.335. The Hall–Kier alpha value is -0.830. The lowest BCUT2D eigenvalue weighted by Gasteiger charge is -2.67. The first-order chi connectivity index (χ1) is 12.7. The topological polar surface area (TPSA) is 127 Å². The number of carbonyl (C=O) groups excluding carboxylic acids is 1. The van der Waals surface area contributed by atoms with Gasteiger partial charge in [0.15, 0.2) is 5.78 Å². The maximum absolute atomic E-state index is 13.6. The van der Waals surface area contributed by atoms with Crippen LogP contribution in [0.3, 0.4) is 0 Å². The summed E-state index contributed by atoms with van der Waals surface area (Å²) in [6.45, 7) is 8.58. The first-order valence-corrected chi connectivity index (χ1v) is 10.1. The number of aliphatic hydroxyl groups is 5. The fraction of sp³-hybridized carbons (Fsp3) is 0.857. The first kappa shape index (κ1) is 20.4. The fourth-order valence-electron chi connectivity index (χ4n) is 7.00. The highest BCUT2D eigenvalue weighted by Crippen LogP contribution is 2.64. The third-order valence-corrected chi connectivity index (χ3v) is 8.88. The Kier molecular flexibility index (Phi) is 4.13. The van der Waals surface area contributed by atoms with E-state index in [0.717, 1.165) is 0 Å². The number of rotatable bonds is 0. The molecule has 3 fully saturated rings. The molecule has 4 aliphatic rings. The Morgan fingerprint density at radius 3 is 2.25 bits per heavy atom. The summed E-state index contributed by atoms with van der Waals surface area (Å²) in [4.78, 5) is 13.6. The minimum absolute atomic E-state index is 0.0130. The Balaban J connectivity index is 2.01. The van der Waals surface area contributed by atoms with E-state index in [1.165, 1.54) is 0 Å². The van der Waals surface area contributed by atoms with Gasteiger partial charge < -0.3 is 30.3 Å². The van der Waals surface area contributed by atoms with Gasteiger partial charge in [-0.15, -0.1) is 0 Å². The second kappa shape index (κ2) is 5.65. The van der Waals surface area contributed by atoms with Gasteiger partial charge in [-0.05, 0) is 30.9 Å². The molecule has 0 amide bonds. The number of hydrogen-bond donors (Lipinski definition) is 5. The molecule has 158 valence electrons. The van der Waals surface area contributed by atoms with E-state index in [9.17, 15) is 30.3 Å². The van der Waals surface area contributed by atoms with Crippen LogP contribution >= 0.6 is 0 Å². The first-order valence-electron chi connectivity index (χ1n) is 10.1. The zero-order valence-corrected chi connectivity index (χ0v) is 17.1. The van der Waals surface area contributed by atoms with Crippen LogP contribution in [0, 0.1) is 22.7 Å². The van der Waals surface area contributed by atoms with E-state index in [1.54, 1.807) is 34.6 Å². The van der Waals surface area contributed by atoms with Crippen LogP contribution in [0.2, 0.25) is 0 Å². The predicted molar refractivity (Wildman–Crippen MR) is 99.1 cm³/mol. The Labute approximate surface area is 165 Å². The smallest absolute Gasteiger partial charge is 0.174 e. The zero-order valence-electron chi connectivity index (χ0n) is 17.1. The van der Waals surface area contributed by atoms with Crippen LogP contribution in [0.1, 0.15) is 47.5 Å². The van der Waals surface area contributed by atoms with E-state index in [-0.39, 0.29) is 19.4 Å². The van der Waals surface area contributed by atoms with Crippen LogP contribution in [0.25, 0.3) is 0 Å². The molecular formula is C21H32O7. The van der Waals surface area contributed by atoms with Crippen molar-refractivity contribution in [2.75, 3.05) is 6.61 Å². The summed E-state index contributed by atoms with van der Waals surface area (Å²) in [7, 11) is 0. The molecule has 0 unspecified atom stereocenters. The average Bonchev–Trinajstić information content (AvgIpc) is 2.60. The number of Topliss-reactive ketones (excluding diaryl/α,β-unsaturated/α-hetero) is 1. The van der Waals surface area contributed by atoms with Crippen molar-refractivity contribution in [2.24, 2.45) is 22.7 Å². The van der Waals surface area contributed by atoms with Crippen molar-refractivity contribution in [3.05, 3.63) is 11.1 Å². The van der Waals surface area contributed by atoms with E-state index in [2.05, 4.69) is 0 Å². The SMILES string of the molecule is CC1=C2[C@@H](O)C(=O)[C@@]3(C)[C@H]([C@H](C)[C@](O)(C[C@@H]1O)C2(C)C)[C@]1(O)CO[C@@H]1C[C@@H]3O. The van der Waals surface area contributed by atoms with Gasteiger partial charge in [-0.2, -0.15) is 0 Å². The van der Waals surface area contributed by atoms with Crippen molar-refractivity contribution < 1.29 is 35.1 Å². The summed E-state index contributed by atoms with van der Waals surface area (Å²) in [5, 5.41) is 56.1.